The van der Waals surface area contributed by atoms with Gasteiger partial charge in [-0.3, -0.25) is 0 Å². The lowest BCUT2D eigenvalue weighted by molar-refractivity contribution is 0.898. The second-order valence-electron chi connectivity index (χ2n) is 6.14. The Morgan fingerprint density at radius 3 is 1.47 bits per heavy atom. The fourth-order valence-electron chi connectivity index (χ4n) is 2.74. The number of hydrogen-bond acceptors (Lipinski definition) is 2. The maximum Gasteiger partial charge on any atom is 0.177 e. The monoisotopic (exact) mass is 276 g/mol. The summed E-state index contributed by atoms with van der Waals surface area (Å²) < 4.78 is 6.87. The van der Waals surface area contributed by atoms with Crippen molar-refractivity contribution in [3.63, 3.8) is 0 Å². The van der Waals surface area contributed by atoms with E-state index in [2.05, 4.69) is 67.5 Å². The van der Waals surface area contributed by atoms with Crippen LogP contribution in [0.5, 0.6) is 0 Å². The lowest BCUT2D eigenvalue weighted by Gasteiger charge is -2.48. The normalized spacial score (nSPS) is 14.4. The molecule has 0 aliphatic rings. The zero-order valence-electron chi connectivity index (χ0n) is 11.9. The molecule has 6 heteroatoms. The number of nitrogens with one attached hydrogen (secondary N) is 1. The molecule has 0 aliphatic carbocycles. The van der Waals surface area contributed by atoms with Crippen molar-refractivity contribution >= 4 is 34.5 Å². The van der Waals surface area contributed by atoms with Gasteiger partial charge in [-0.15, -0.1) is 0 Å². The van der Waals surface area contributed by atoms with Crippen LogP contribution >= 0.6 is 0 Å². The van der Waals surface area contributed by atoms with Gasteiger partial charge >= 0.3 is 0 Å². The molecule has 0 unspecified atom stereocenters. The molecule has 0 amide bonds. The molecule has 0 spiro atoms. The van der Waals surface area contributed by atoms with E-state index < -0.39 is 16.6 Å². The first-order valence-electron chi connectivity index (χ1n) is 5.67. The van der Waals surface area contributed by atoms with Crippen molar-refractivity contribution in [2.75, 3.05) is 0 Å². The molecular formula is C9H28N2Si4. The minimum atomic E-state index is -1.36. The maximum absolute atomic E-state index is 3.93. The Kier molecular flexibility index (Phi) is 5.70. The van der Waals surface area contributed by atoms with Gasteiger partial charge in [-0.25, -0.2) is 0 Å². The van der Waals surface area contributed by atoms with E-state index in [1.165, 1.54) is 0 Å². The highest BCUT2D eigenvalue weighted by Gasteiger charge is 2.40. The van der Waals surface area contributed by atoms with Gasteiger partial charge < -0.3 is 8.54 Å². The Hall–Kier alpha value is 0.788. The first kappa shape index (κ1) is 15.8. The second-order valence-corrected chi connectivity index (χ2v) is 21.2. The van der Waals surface area contributed by atoms with Gasteiger partial charge in [-0.05, 0) is 13.1 Å². The van der Waals surface area contributed by atoms with Crippen LogP contribution in [-0.4, -0.2) is 38.4 Å². The molecule has 0 aromatic rings. The predicted octanol–water partition coefficient (Wildman–Crippen LogP) is 2.92. The summed E-state index contributed by atoms with van der Waals surface area (Å²) in [4.78, 5) is 0. The Bertz CT molecular complexity index is 199. The van der Waals surface area contributed by atoms with Gasteiger partial charge in [-0.1, -0.05) is 45.8 Å². The molecule has 0 saturated carbocycles. The minimum absolute atomic E-state index is 0.320. The molecule has 1 N–H and O–H groups in total. The zero-order valence-corrected chi connectivity index (χ0v) is 15.9. The summed E-state index contributed by atoms with van der Waals surface area (Å²) in [6.45, 7) is 22.0. The van der Waals surface area contributed by atoms with Gasteiger partial charge in [0.2, 0.25) is 0 Å². The Labute approximate surface area is 102 Å². The largest absolute Gasteiger partial charge is 0.358 e. The van der Waals surface area contributed by atoms with E-state index in [1.807, 2.05) is 0 Å². The van der Waals surface area contributed by atoms with Crippen LogP contribution in [0.3, 0.4) is 0 Å². The highest BCUT2D eigenvalue weighted by molar-refractivity contribution is 7.00. The van der Waals surface area contributed by atoms with Crippen molar-refractivity contribution in [2.45, 2.75) is 58.9 Å². The summed E-state index contributed by atoms with van der Waals surface area (Å²) in [5.41, 5.74) is 0. The average Bonchev–Trinajstić information content (AvgIpc) is 1.74. The Morgan fingerprint density at radius 1 is 0.867 bits per heavy atom. The number of hydrogen-bond donors (Lipinski definition) is 1. The molecule has 90 valence electrons. The maximum atomic E-state index is 3.93. The lowest BCUT2D eigenvalue weighted by atomic mass is 11.8. The van der Waals surface area contributed by atoms with E-state index in [4.69, 9.17) is 0 Å². The highest BCUT2D eigenvalue weighted by Crippen LogP contribution is 2.19. The van der Waals surface area contributed by atoms with Gasteiger partial charge in [0.05, 0.1) is 0 Å². The van der Waals surface area contributed by atoms with E-state index in [9.17, 15) is 0 Å². The molecule has 2 radical (unpaired) electrons. The topological polar surface area (TPSA) is 15.3 Å². The van der Waals surface area contributed by atoms with Crippen LogP contribution < -0.4 is 4.65 Å². The molecule has 15 heavy (non-hydrogen) atoms. The van der Waals surface area contributed by atoms with Crippen LogP contribution in [0, 0.1) is 0 Å². The summed E-state index contributed by atoms with van der Waals surface area (Å²) in [5.74, 6) is 0. The third-order valence-electron chi connectivity index (χ3n) is 2.23. The van der Waals surface area contributed by atoms with Crippen molar-refractivity contribution in [1.82, 2.24) is 8.54 Å². The first-order valence-corrected chi connectivity index (χ1v) is 17.0. The van der Waals surface area contributed by atoms with Gasteiger partial charge in [-0.2, -0.15) is 0 Å². The Morgan fingerprint density at radius 2 is 1.27 bits per heavy atom. The molecular weight excluding hydrogens is 248 g/mol. The third-order valence-corrected chi connectivity index (χ3v) is 20.1. The van der Waals surface area contributed by atoms with Crippen LogP contribution in [0.1, 0.15) is 0 Å². The molecule has 0 aliphatic heterocycles. The average molecular weight is 277 g/mol. The summed E-state index contributed by atoms with van der Waals surface area (Å²) in [6.07, 6.45) is 0. The third kappa shape index (κ3) is 5.09. The lowest BCUT2D eigenvalue weighted by Crippen LogP contribution is -2.72. The second kappa shape index (κ2) is 5.41. The fraction of sp³-hybridized carbons (Fsp3) is 1.00. The molecule has 0 rings (SSSR count). The van der Waals surface area contributed by atoms with Crippen LogP contribution in [0.4, 0.5) is 0 Å². The highest BCUT2D eigenvalue weighted by atomic mass is 28.5. The fourth-order valence-corrected chi connectivity index (χ4v) is 25.6. The van der Waals surface area contributed by atoms with E-state index in [1.54, 1.807) is 0 Å². The van der Waals surface area contributed by atoms with Crippen molar-refractivity contribution < 1.29 is 0 Å². The first-order chi connectivity index (χ1) is 6.48. The smallest absolute Gasteiger partial charge is 0.177 e. The van der Waals surface area contributed by atoms with Gasteiger partial charge in [0.15, 0.2) is 8.40 Å². The summed E-state index contributed by atoms with van der Waals surface area (Å²) in [7, 11) is -3.16. The van der Waals surface area contributed by atoms with Gasteiger partial charge in [0.25, 0.3) is 0 Å². The molecule has 0 saturated heterocycles. The van der Waals surface area contributed by atoms with Crippen LogP contribution in [0.2, 0.25) is 58.9 Å². The van der Waals surface area contributed by atoms with Crippen molar-refractivity contribution in [3.8, 4) is 0 Å². The van der Waals surface area contributed by atoms with E-state index in [0.717, 1.165) is 0 Å². The zero-order chi connectivity index (χ0) is 12.4. The Balaban J connectivity index is 4.91. The van der Waals surface area contributed by atoms with Gasteiger partial charge in [0.1, 0.15) is 26.2 Å². The minimum Gasteiger partial charge on any atom is -0.358 e. The summed E-state index contributed by atoms with van der Waals surface area (Å²) >= 11 is 0. The molecule has 0 aromatic heterocycles. The van der Waals surface area contributed by atoms with E-state index in [-0.39, 0.29) is 17.9 Å². The summed E-state index contributed by atoms with van der Waals surface area (Å²) in [5, 5.41) is 0. The molecule has 0 aromatic carbocycles. The molecule has 0 bridgehead atoms. The SMILES string of the molecule is C[Si](C)N[Si](C)(C)N([Si](C)C)[Si](C)(C)C. The standard InChI is InChI=1S/C9H28N2Si4/c1-12(2)10-15(8,9)11(13(3)4)14(5,6)7/h10H,1-9H3. The quantitative estimate of drug-likeness (QED) is 0.777. The molecule has 0 heterocycles. The molecule has 2 nitrogen and oxygen atoms in total. The van der Waals surface area contributed by atoms with E-state index >= 15 is 0 Å². The van der Waals surface area contributed by atoms with Crippen molar-refractivity contribution in [1.29, 1.82) is 0 Å². The molecule has 0 fully saturated rings. The van der Waals surface area contributed by atoms with Crippen LogP contribution in [0.15, 0.2) is 0 Å². The van der Waals surface area contributed by atoms with E-state index in [0.29, 0.717) is 0 Å². The number of rotatable bonds is 5. The van der Waals surface area contributed by atoms with Gasteiger partial charge in [0, 0.05) is 0 Å². The van der Waals surface area contributed by atoms with Crippen molar-refractivity contribution in [3.05, 3.63) is 0 Å². The van der Waals surface area contributed by atoms with Crippen LogP contribution in [0.25, 0.3) is 0 Å². The predicted molar refractivity (Wildman–Crippen MR) is 80.8 cm³/mol. The summed E-state index contributed by atoms with van der Waals surface area (Å²) in [6, 6.07) is 0. The van der Waals surface area contributed by atoms with Crippen molar-refractivity contribution in [2.24, 2.45) is 0 Å². The molecule has 0 atom stereocenters. The number of nitrogens with zero attached hydrogens (tertiary/aromatic N) is 1. The van der Waals surface area contributed by atoms with Crippen LogP contribution in [-0.2, 0) is 0 Å².